The SMILES string of the molecule is CN(CC1CCC1)S(=O)(=O)c1ccc(Cl)c(CO)c1Cl. The highest BCUT2D eigenvalue weighted by atomic mass is 35.5. The Balaban J connectivity index is 2.33. The predicted molar refractivity (Wildman–Crippen MR) is 79.5 cm³/mol. The van der Waals surface area contributed by atoms with Crippen LogP contribution in [0, 0.1) is 5.92 Å². The van der Waals surface area contributed by atoms with Crippen molar-refractivity contribution in [1.29, 1.82) is 0 Å². The Labute approximate surface area is 129 Å². The Morgan fingerprint density at radius 2 is 2.00 bits per heavy atom. The number of halogens is 2. The van der Waals surface area contributed by atoms with E-state index in [9.17, 15) is 13.5 Å². The zero-order valence-corrected chi connectivity index (χ0v) is 13.5. The molecule has 1 saturated carbocycles. The average molecular weight is 338 g/mol. The number of benzene rings is 1. The number of nitrogens with zero attached hydrogens (tertiary/aromatic N) is 1. The molecule has 0 atom stereocenters. The molecule has 1 N–H and O–H groups in total. The van der Waals surface area contributed by atoms with E-state index in [1.165, 1.54) is 16.4 Å². The van der Waals surface area contributed by atoms with Gasteiger partial charge in [-0.3, -0.25) is 0 Å². The molecule has 20 heavy (non-hydrogen) atoms. The summed E-state index contributed by atoms with van der Waals surface area (Å²) < 4.78 is 26.4. The highest BCUT2D eigenvalue weighted by molar-refractivity contribution is 7.89. The van der Waals surface area contributed by atoms with Crippen LogP contribution in [0.1, 0.15) is 24.8 Å². The summed E-state index contributed by atoms with van der Waals surface area (Å²) in [6.07, 6.45) is 3.29. The van der Waals surface area contributed by atoms with Gasteiger partial charge in [-0.2, -0.15) is 0 Å². The molecule has 1 fully saturated rings. The van der Waals surface area contributed by atoms with E-state index in [0.717, 1.165) is 19.3 Å². The lowest BCUT2D eigenvalue weighted by molar-refractivity contribution is 0.263. The molecule has 0 aliphatic heterocycles. The van der Waals surface area contributed by atoms with E-state index in [-0.39, 0.29) is 20.5 Å². The molecule has 1 aromatic rings. The normalized spacial score (nSPS) is 16.4. The van der Waals surface area contributed by atoms with Gasteiger partial charge < -0.3 is 5.11 Å². The van der Waals surface area contributed by atoms with Gasteiger partial charge in [0.15, 0.2) is 0 Å². The van der Waals surface area contributed by atoms with Crippen LogP contribution in [0.3, 0.4) is 0 Å². The van der Waals surface area contributed by atoms with E-state index >= 15 is 0 Å². The van der Waals surface area contributed by atoms with Gasteiger partial charge in [0.2, 0.25) is 10.0 Å². The molecule has 0 heterocycles. The van der Waals surface area contributed by atoms with Gasteiger partial charge in [-0.05, 0) is 30.9 Å². The zero-order chi connectivity index (χ0) is 14.9. The van der Waals surface area contributed by atoms with E-state index in [1.54, 1.807) is 7.05 Å². The van der Waals surface area contributed by atoms with Crippen molar-refractivity contribution < 1.29 is 13.5 Å². The lowest BCUT2D eigenvalue weighted by Crippen LogP contribution is -2.34. The van der Waals surface area contributed by atoms with Crippen molar-refractivity contribution in [2.24, 2.45) is 5.92 Å². The minimum absolute atomic E-state index is 0.000425. The summed E-state index contributed by atoms with van der Waals surface area (Å²) in [5, 5.41) is 9.51. The fourth-order valence-corrected chi connectivity index (χ4v) is 4.34. The zero-order valence-electron chi connectivity index (χ0n) is 11.1. The minimum atomic E-state index is -3.66. The van der Waals surface area contributed by atoms with Gasteiger partial charge in [-0.1, -0.05) is 29.6 Å². The Morgan fingerprint density at radius 3 is 2.50 bits per heavy atom. The van der Waals surface area contributed by atoms with Gasteiger partial charge in [-0.25, -0.2) is 12.7 Å². The molecule has 0 amide bonds. The molecule has 0 unspecified atom stereocenters. The summed E-state index contributed by atoms with van der Waals surface area (Å²) in [6, 6.07) is 2.83. The van der Waals surface area contributed by atoms with Crippen molar-refractivity contribution in [2.45, 2.75) is 30.8 Å². The average Bonchev–Trinajstić information content (AvgIpc) is 2.33. The van der Waals surface area contributed by atoms with Crippen molar-refractivity contribution in [3.8, 4) is 0 Å². The Morgan fingerprint density at radius 1 is 1.35 bits per heavy atom. The Bertz CT molecular complexity index is 600. The lowest BCUT2D eigenvalue weighted by Gasteiger charge is -2.30. The van der Waals surface area contributed by atoms with Crippen molar-refractivity contribution in [3.05, 3.63) is 27.7 Å². The summed E-state index contributed by atoms with van der Waals surface area (Å²) in [6.45, 7) is 0.100. The smallest absolute Gasteiger partial charge is 0.244 e. The topological polar surface area (TPSA) is 57.6 Å². The fraction of sp³-hybridized carbons (Fsp3) is 0.538. The van der Waals surface area contributed by atoms with Crippen LogP contribution in [-0.2, 0) is 16.6 Å². The maximum Gasteiger partial charge on any atom is 0.244 e. The van der Waals surface area contributed by atoms with E-state index in [2.05, 4.69) is 0 Å². The van der Waals surface area contributed by atoms with Gasteiger partial charge >= 0.3 is 0 Å². The monoisotopic (exact) mass is 337 g/mol. The number of hydrogen-bond acceptors (Lipinski definition) is 3. The van der Waals surface area contributed by atoms with Crippen LogP contribution in [0.4, 0.5) is 0 Å². The molecular formula is C13H17Cl2NO3S. The molecular weight excluding hydrogens is 321 g/mol. The second-order valence-electron chi connectivity index (χ2n) is 5.08. The number of sulfonamides is 1. The van der Waals surface area contributed by atoms with Gasteiger partial charge in [0.25, 0.3) is 0 Å². The van der Waals surface area contributed by atoms with Crippen LogP contribution < -0.4 is 0 Å². The molecule has 2 rings (SSSR count). The fourth-order valence-electron chi connectivity index (χ4n) is 2.23. The molecule has 1 aliphatic carbocycles. The Hall–Kier alpha value is -0.330. The van der Waals surface area contributed by atoms with Crippen molar-refractivity contribution in [1.82, 2.24) is 4.31 Å². The van der Waals surface area contributed by atoms with Gasteiger partial charge in [0.1, 0.15) is 4.90 Å². The molecule has 4 nitrogen and oxygen atoms in total. The van der Waals surface area contributed by atoms with Crippen molar-refractivity contribution >= 4 is 33.2 Å². The summed E-state index contributed by atoms with van der Waals surface area (Å²) >= 11 is 12.0. The van der Waals surface area contributed by atoms with Crippen LogP contribution in [0.5, 0.6) is 0 Å². The number of hydrogen-bond donors (Lipinski definition) is 1. The molecule has 1 aliphatic rings. The highest BCUT2D eigenvalue weighted by Gasteiger charge is 2.29. The first-order chi connectivity index (χ1) is 9.37. The van der Waals surface area contributed by atoms with Crippen LogP contribution in [-0.4, -0.2) is 31.4 Å². The summed E-state index contributed by atoms with van der Waals surface area (Å²) in [5.41, 5.74) is 0.242. The third-order valence-corrected chi connectivity index (χ3v) is 6.50. The third kappa shape index (κ3) is 2.97. The van der Waals surface area contributed by atoms with E-state index in [0.29, 0.717) is 12.5 Å². The van der Waals surface area contributed by atoms with Gasteiger partial charge in [-0.15, -0.1) is 0 Å². The minimum Gasteiger partial charge on any atom is -0.392 e. The quantitative estimate of drug-likeness (QED) is 0.898. The summed E-state index contributed by atoms with van der Waals surface area (Å²) in [5.74, 6) is 0.429. The van der Waals surface area contributed by atoms with Crippen molar-refractivity contribution in [3.63, 3.8) is 0 Å². The first kappa shape index (κ1) is 16.0. The summed E-state index contributed by atoms with van der Waals surface area (Å²) in [4.78, 5) is -0.00515. The van der Waals surface area contributed by atoms with Gasteiger partial charge in [0, 0.05) is 24.2 Å². The van der Waals surface area contributed by atoms with Crippen LogP contribution in [0.2, 0.25) is 10.0 Å². The molecule has 0 spiro atoms. The largest absolute Gasteiger partial charge is 0.392 e. The van der Waals surface area contributed by atoms with Crippen LogP contribution in [0.15, 0.2) is 17.0 Å². The van der Waals surface area contributed by atoms with E-state index < -0.39 is 16.6 Å². The Kier molecular flexibility index (Phi) is 4.97. The molecule has 1 aromatic carbocycles. The molecule has 0 radical (unpaired) electrons. The second kappa shape index (κ2) is 6.20. The van der Waals surface area contributed by atoms with Crippen LogP contribution >= 0.6 is 23.2 Å². The standard InChI is InChI=1S/C13H17Cl2NO3S/c1-16(7-9-3-2-4-9)20(18,19)12-6-5-11(14)10(8-17)13(12)15/h5-6,9,17H,2-4,7-8H2,1H3. The van der Waals surface area contributed by atoms with Crippen molar-refractivity contribution in [2.75, 3.05) is 13.6 Å². The molecule has 7 heteroatoms. The second-order valence-corrected chi connectivity index (χ2v) is 7.88. The summed E-state index contributed by atoms with van der Waals surface area (Å²) in [7, 11) is -2.11. The van der Waals surface area contributed by atoms with E-state index in [4.69, 9.17) is 23.2 Å². The lowest BCUT2D eigenvalue weighted by atomic mass is 9.86. The van der Waals surface area contributed by atoms with Gasteiger partial charge in [0.05, 0.1) is 11.6 Å². The molecule has 112 valence electrons. The molecule has 0 aromatic heterocycles. The first-order valence-corrected chi connectivity index (χ1v) is 8.61. The van der Waals surface area contributed by atoms with E-state index in [1.807, 2.05) is 0 Å². The first-order valence-electron chi connectivity index (χ1n) is 6.42. The number of aliphatic hydroxyl groups is 1. The third-order valence-electron chi connectivity index (χ3n) is 3.74. The van der Waals surface area contributed by atoms with Crippen LogP contribution in [0.25, 0.3) is 0 Å². The maximum atomic E-state index is 12.5. The maximum absolute atomic E-state index is 12.5. The molecule has 0 bridgehead atoms. The predicted octanol–water partition coefficient (Wildman–Crippen LogP) is 2.91. The number of aliphatic hydroxyl groups excluding tert-OH is 1. The molecule has 0 saturated heterocycles. The highest BCUT2D eigenvalue weighted by Crippen LogP contribution is 2.34. The number of rotatable bonds is 5.